The standard InChI is InChI=1S/C41H24N4O/c1-2-8-25(9-3-1)27-15-18-36-32(22-27)30-12-6-7-13-35(30)45(36)41-43-39(31-17-14-26-10-4-5-11-29(26)40(31)44-41)28-16-19-37-33(23-28)34-24-42-21-20-38(34)46-37/h1-24H. The Kier molecular flexibility index (Phi) is 5.22. The van der Waals surface area contributed by atoms with Gasteiger partial charge in [-0.15, -0.1) is 0 Å². The molecule has 214 valence electrons. The van der Waals surface area contributed by atoms with Crippen LogP contribution in [0.15, 0.2) is 150 Å². The van der Waals surface area contributed by atoms with Gasteiger partial charge in [0.15, 0.2) is 0 Å². The van der Waals surface area contributed by atoms with E-state index in [4.69, 9.17) is 14.4 Å². The summed E-state index contributed by atoms with van der Waals surface area (Å²) in [6.07, 6.45) is 3.62. The zero-order chi connectivity index (χ0) is 30.2. The number of rotatable bonds is 3. The van der Waals surface area contributed by atoms with Gasteiger partial charge in [-0.2, -0.15) is 0 Å². The Hall–Kier alpha value is -6.33. The minimum atomic E-state index is 0.635. The highest BCUT2D eigenvalue weighted by molar-refractivity contribution is 6.13. The Bertz CT molecular complexity index is 2810. The van der Waals surface area contributed by atoms with Crippen LogP contribution in [0, 0.1) is 0 Å². The van der Waals surface area contributed by atoms with E-state index in [1.807, 2.05) is 18.3 Å². The van der Waals surface area contributed by atoms with E-state index < -0.39 is 0 Å². The van der Waals surface area contributed by atoms with Crippen molar-refractivity contribution in [2.24, 2.45) is 0 Å². The molecule has 10 rings (SSSR count). The maximum atomic E-state index is 6.13. The van der Waals surface area contributed by atoms with Crippen molar-refractivity contribution in [3.8, 4) is 28.3 Å². The molecule has 0 aliphatic heterocycles. The number of hydrogen-bond acceptors (Lipinski definition) is 4. The molecular formula is C41H24N4O. The smallest absolute Gasteiger partial charge is 0.235 e. The molecule has 0 aliphatic rings. The van der Waals surface area contributed by atoms with Crippen molar-refractivity contribution in [1.82, 2.24) is 19.5 Å². The van der Waals surface area contributed by atoms with Crippen molar-refractivity contribution in [2.75, 3.05) is 0 Å². The summed E-state index contributed by atoms with van der Waals surface area (Å²) in [4.78, 5) is 15.1. The highest BCUT2D eigenvalue weighted by atomic mass is 16.3. The molecule has 5 nitrogen and oxygen atoms in total. The van der Waals surface area contributed by atoms with E-state index in [1.165, 1.54) is 16.5 Å². The second-order valence-corrected chi connectivity index (χ2v) is 11.7. The van der Waals surface area contributed by atoms with Crippen LogP contribution >= 0.6 is 0 Å². The minimum absolute atomic E-state index is 0.635. The van der Waals surface area contributed by atoms with Gasteiger partial charge in [-0.05, 0) is 65.0 Å². The lowest BCUT2D eigenvalue weighted by Gasteiger charge is -2.13. The molecule has 0 fully saturated rings. The summed E-state index contributed by atoms with van der Waals surface area (Å²) in [5.41, 5.74) is 8.93. The summed E-state index contributed by atoms with van der Waals surface area (Å²) in [5, 5.41) is 7.56. The second kappa shape index (κ2) is 9.58. The number of para-hydroxylation sites is 1. The van der Waals surface area contributed by atoms with Gasteiger partial charge in [0.25, 0.3) is 0 Å². The number of benzene rings is 6. The van der Waals surface area contributed by atoms with E-state index in [1.54, 1.807) is 6.20 Å². The summed E-state index contributed by atoms with van der Waals surface area (Å²) in [6.45, 7) is 0. The van der Waals surface area contributed by atoms with Crippen LogP contribution in [0.3, 0.4) is 0 Å². The average Bonchev–Trinajstić information content (AvgIpc) is 3.66. The normalized spacial score (nSPS) is 11.9. The molecular weight excluding hydrogens is 564 g/mol. The number of nitrogens with zero attached hydrogens (tertiary/aromatic N) is 4. The predicted octanol–water partition coefficient (Wildman–Crippen LogP) is 10.5. The van der Waals surface area contributed by atoms with Crippen LogP contribution in [0.2, 0.25) is 0 Å². The molecule has 5 heteroatoms. The van der Waals surface area contributed by atoms with E-state index in [0.717, 1.165) is 71.3 Å². The van der Waals surface area contributed by atoms with Crippen molar-refractivity contribution >= 4 is 65.4 Å². The van der Waals surface area contributed by atoms with Crippen LogP contribution in [0.5, 0.6) is 0 Å². The lowest BCUT2D eigenvalue weighted by Crippen LogP contribution is -2.03. The Labute approximate surface area is 263 Å². The van der Waals surface area contributed by atoms with E-state index >= 15 is 0 Å². The number of pyridine rings is 1. The molecule has 0 aliphatic carbocycles. The molecule has 0 unspecified atom stereocenters. The summed E-state index contributed by atoms with van der Waals surface area (Å²) >= 11 is 0. The molecule has 4 heterocycles. The lowest BCUT2D eigenvalue weighted by atomic mass is 10.0. The van der Waals surface area contributed by atoms with Crippen molar-refractivity contribution in [1.29, 1.82) is 0 Å². The zero-order valence-electron chi connectivity index (χ0n) is 24.6. The molecule has 10 aromatic rings. The minimum Gasteiger partial charge on any atom is -0.456 e. The molecule has 46 heavy (non-hydrogen) atoms. The first-order valence-corrected chi connectivity index (χ1v) is 15.4. The Morgan fingerprint density at radius 3 is 2.17 bits per heavy atom. The van der Waals surface area contributed by atoms with Crippen molar-refractivity contribution in [3.05, 3.63) is 146 Å². The van der Waals surface area contributed by atoms with Crippen LogP contribution in [0.1, 0.15) is 0 Å². The van der Waals surface area contributed by atoms with Gasteiger partial charge in [0.05, 0.1) is 22.2 Å². The predicted molar refractivity (Wildman–Crippen MR) is 187 cm³/mol. The first-order chi connectivity index (χ1) is 22.8. The molecule has 6 aromatic carbocycles. The van der Waals surface area contributed by atoms with E-state index in [0.29, 0.717) is 5.95 Å². The molecule has 0 N–H and O–H groups in total. The fourth-order valence-corrected chi connectivity index (χ4v) is 6.94. The third-order valence-electron chi connectivity index (χ3n) is 9.10. The van der Waals surface area contributed by atoms with Crippen LogP contribution in [0.4, 0.5) is 0 Å². The van der Waals surface area contributed by atoms with Crippen molar-refractivity contribution < 1.29 is 4.42 Å². The van der Waals surface area contributed by atoms with Gasteiger partial charge >= 0.3 is 0 Å². The Balaban J connectivity index is 1.30. The van der Waals surface area contributed by atoms with E-state index in [2.05, 4.69) is 131 Å². The number of fused-ring (bicyclic) bond motifs is 9. The Morgan fingerprint density at radius 1 is 0.478 bits per heavy atom. The molecule has 0 saturated carbocycles. The van der Waals surface area contributed by atoms with Gasteiger partial charge in [0.1, 0.15) is 11.2 Å². The van der Waals surface area contributed by atoms with E-state index in [-0.39, 0.29) is 0 Å². The highest BCUT2D eigenvalue weighted by Crippen LogP contribution is 2.38. The van der Waals surface area contributed by atoms with Gasteiger partial charge in [0, 0.05) is 50.3 Å². The molecule has 0 radical (unpaired) electrons. The fraction of sp³-hybridized carbons (Fsp3) is 0. The van der Waals surface area contributed by atoms with Crippen LogP contribution in [-0.2, 0) is 0 Å². The van der Waals surface area contributed by atoms with Crippen molar-refractivity contribution in [2.45, 2.75) is 0 Å². The SMILES string of the molecule is c1ccc(-c2ccc3c(c2)c2ccccc2n3-c2nc(-c3ccc4oc5ccncc5c4c3)c3ccc4ccccc4c3n2)cc1. The van der Waals surface area contributed by atoms with Crippen LogP contribution in [-0.4, -0.2) is 19.5 Å². The zero-order valence-corrected chi connectivity index (χ0v) is 24.6. The summed E-state index contributed by atoms with van der Waals surface area (Å²) < 4.78 is 8.34. The monoisotopic (exact) mass is 588 g/mol. The van der Waals surface area contributed by atoms with Gasteiger partial charge in [-0.1, -0.05) is 84.9 Å². The van der Waals surface area contributed by atoms with Gasteiger partial charge in [0.2, 0.25) is 5.95 Å². The topological polar surface area (TPSA) is 56.7 Å². The number of furan rings is 1. The highest BCUT2D eigenvalue weighted by Gasteiger charge is 2.19. The summed E-state index contributed by atoms with van der Waals surface area (Å²) in [7, 11) is 0. The maximum Gasteiger partial charge on any atom is 0.235 e. The second-order valence-electron chi connectivity index (χ2n) is 11.7. The van der Waals surface area contributed by atoms with Crippen molar-refractivity contribution in [3.63, 3.8) is 0 Å². The third kappa shape index (κ3) is 3.66. The van der Waals surface area contributed by atoms with Crippen LogP contribution < -0.4 is 0 Å². The molecule has 0 amide bonds. The quantitative estimate of drug-likeness (QED) is 0.193. The van der Waals surface area contributed by atoms with Crippen LogP contribution in [0.25, 0.3) is 93.8 Å². The first kappa shape index (κ1) is 25.0. The maximum absolute atomic E-state index is 6.13. The summed E-state index contributed by atoms with van der Waals surface area (Å²) in [5.74, 6) is 0.635. The summed E-state index contributed by atoms with van der Waals surface area (Å²) in [6, 6.07) is 46.7. The molecule has 4 aromatic heterocycles. The molecule has 0 saturated heterocycles. The largest absolute Gasteiger partial charge is 0.456 e. The Morgan fingerprint density at radius 2 is 1.24 bits per heavy atom. The van der Waals surface area contributed by atoms with Gasteiger partial charge in [-0.25, -0.2) is 9.97 Å². The van der Waals surface area contributed by atoms with Gasteiger partial charge in [-0.3, -0.25) is 9.55 Å². The average molecular weight is 589 g/mol. The van der Waals surface area contributed by atoms with E-state index in [9.17, 15) is 0 Å². The number of hydrogen-bond donors (Lipinski definition) is 0. The molecule has 0 bridgehead atoms. The lowest BCUT2D eigenvalue weighted by molar-refractivity contribution is 0.668. The number of aromatic nitrogens is 4. The molecule has 0 atom stereocenters. The van der Waals surface area contributed by atoms with Gasteiger partial charge < -0.3 is 4.42 Å². The molecule has 0 spiro atoms. The third-order valence-corrected chi connectivity index (χ3v) is 9.10. The fourth-order valence-electron chi connectivity index (χ4n) is 6.94. The first-order valence-electron chi connectivity index (χ1n) is 15.4.